The van der Waals surface area contributed by atoms with Crippen LogP contribution in [0, 0.1) is 12.8 Å². The lowest BCUT2D eigenvalue weighted by Gasteiger charge is -2.21. The van der Waals surface area contributed by atoms with Gasteiger partial charge < -0.3 is 10.6 Å². The minimum absolute atomic E-state index is 0.0985. The van der Waals surface area contributed by atoms with Crippen LogP contribution in [0.5, 0.6) is 0 Å². The van der Waals surface area contributed by atoms with E-state index in [2.05, 4.69) is 35.0 Å². The average Bonchev–Trinajstić information content (AvgIpc) is 2.37. The van der Waals surface area contributed by atoms with Gasteiger partial charge in [0, 0.05) is 30.5 Å². The first kappa shape index (κ1) is 15.2. The standard InChI is InChI=1S/C14H21BrN2O/c1-10-4-5-13(15)8-12(10)6-7-17(3)14(18)11(2)9-16/h4-5,8,11H,6-7,9,16H2,1-3H3. The summed E-state index contributed by atoms with van der Waals surface area (Å²) in [6.45, 7) is 5.08. The number of halogens is 1. The van der Waals surface area contributed by atoms with Gasteiger partial charge >= 0.3 is 0 Å². The van der Waals surface area contributed by atoms with E-state index in [-0.39, 0.29) is 11.8 Å². The highest BCUT2D eigenvalue weighted by molar-refractivity contribution is 9.10. The van der Waals surface area contributed by atoms with Crippen LogP contribution in [0.25, 0.3) is 0 Å². The van der Waals surface area contributed by atoms with Crippen LogP contribution < -0.4 is 5.73 Å². The van der Waals surface area contributed by atoms with Crippen LogP contribution in [0.1, 0.15) is 18.1 Å². The van der Waals surface area contributed by atoms with Gasteiger partial charge in [0.15, 0.2) is 0 Å². The van der Waals surface area contributed by atoms with E-state index in [9.17, 15) is 4.79 Å². The van der Waals surface area contributed by atoms with Gasteiger partial charge in [-0.25, -0.2) is 0 Å². The van der Waals surface area contributed by atoms with Crippen molar-refractivity contribution in [2.45, 2.75) is 20.3 Å². The first-order valence-electron chi connectivity index (χ1n) is 6.15. The lowest BCUT2D eigenvalue weighted by molar-refractivity contribution is -0.133. The molecule has 0 radical (unpaired) electrons. The number of nitrogens with two attached hydrogens (primary N) is 1. The topological polar surface area (TPSA) is 46.3 Å². The van der Waals surface area contributed by atoms with E-state index >= 15 is 0 Å². The molecule has 0 heterocycles. The maximum atomic E-state index is 11.9. The Kier molecular flexibility index (Phi) is 5.82. The molecule has 0 saturated carbocycles. The predicted octanol–water partition coefficient (Wildman–Crippen LogP) is 2.35. The van der Waals surface area contributed by atoms with Crippen LogP contribution >= 0.6 is 15.9 Å². The summed E-state index contributed by atoms with van der Waals surface area (Å²) in [4.78, 5) is 13.6. The number of hydrogen-bond donors (Lipinski definition) is 1. The largest absolute Gasteiger partial charge is 0.345 e. The molecule has 0 bridgehead atoms. The van der Waals surface area contributed by atoms with Crippen LogP contribution in [0.15, 0.2) is 22.7 Å². The first-order chi connectivity index (χ1) is 8.45. The van der Waals surface area contributed by atoms with Crippen LogP contribution in [0.2, 0.25) is 0 Å². The SMILES string of the molecule is Cc1ccc(Br)cc1CCN(C)C(=O)C(C)CN. The van der Waals surface area contributed by atoms with Crippen molar-refractivity contribution >= 4 is 21.8 Å². The molecule has 4 heteroatoms. The third-order valence-electron chi connectivity index (χ3n) is 3.18. The predicted molar refractivity (Wildman–Crippen MR) is 78.4 cm³/mol. The van der Waals surface area contributed by atoms with Crippen molar-refractivity contribution in [3.05, 3.63) is 33.8 Å². The second-order valence-corrected chi connectivity index (χ2v) is 5.63. The third-order valence-corrected chi connectivity index (χ3v) is 3.67. The Balaban J connectivity index is 2.59. The Morgan fingerprint density at radius 1 is 1.50 bits per heavy atom. The number of likely N-dealkylation sites (N-methyl/N-ethyl adjacent to an activating group) is 1. The third kappa shape index (κ3) is 4.10. The van der Waals surface area contributed by atoms with Crippen molar-refractivity contribution in [1.82, 2.24) is 4.90 Å². The van der Waals surface area contributed by atoms with E-state index in [1.54, 1.807) is 4.90 Å². The summed E-state index contributed by atoms with van der Waals surface area (Å²) in [5, 5.41) is 0. The van der Waals surface area contributed by atoms with E-state index < -0.39 is 0 Å². The first-order valence-corrected chi connectivity index (χ1v) is 6.95. The summed E-state index contributed by atoms with van der Waals surface area (Å²) in [7, 11) is 1.84. The number of aryl methyl sites for hydroxylation is 1. The van der Waals surface area contributed by atoms with Crippen molar-refractivity contribution in [3.8, 4) is 0 Å². The molecule has 0 aliphatic carbocycles. The molecule has 0 saturated heterocycles. The monoisotopic (exact) mass is 312 g/mol. The Morgan fingerprint density at radius 3 is 2.78 bits per heavy atom. The van der Waals surface area contributed by atoms with Gasteiger partial charge in [0.25, 0.3) is 0 Å². The highest BCUT2D eigenvalue weighted by Crippen LogP contribution is 2.16. The van der Waals surface area contributed by atoms with Gasteiger partial charge in [-0.2, -0.15) is 0 Å². The van der Waals surface area contributed by atoms with Gasteiger partial charge in [-0.15, -0.1) is 0 Å². The number of amides is 1. The number of hydrogen-bond acceptors (Lipinski definition) is 2. The minimum atomic E-state index is -0.0985. The minimum Gasteiger partial charge on any atom is -0.345 e. The maximum absolute atomic E-state index is 11.9. The van der Waals surface area contributed by atoms with Crippen molar-refractivity contribution in [2.75, 3.05) is 20.1 Å². The van der Waals surface area contributed by atoms with E-state index in [1.165, 1.54) is 11.1 Å². The fraction of sp³-hybridized carbons (Fsp3) is 0.500. The highest BCUT2D eigenvalue weighted by atomic mass is 79.9. The molecule has 1 unspecified atom stereocenters. The molecule has 1 aromatic rings. The summed E-state index contributed by atoms with van der Waals surface area (Å²) >= 11 is 3.47. The zero-order valence-corrected chi connectivity index (χ0v) is 12.8. The van der Waals surface area contributed by atoms with Crippen molar-refractivity contribution in [1.29, 1.82) is 0 Å². The molecule has 2 N–H and O–H groups in total. The Hall–Kier alpha value is -0.870. The molecule has 0 fully saturated rings. The van der Waals surface area contributed by atoms with E-state index in [4.69, 9.17) is 5.73 Å². The average molecular weight is 313 g/mol. The quantitative estimate of drug-likeness (QED) is 0.907. The fourth-order valence-corrected chi connectivity index (χ4v) is 2.19. The molecular formula is C14H21BrN2O. The Morgan fingerprint density at radius 2 is 2.17 bits per heavy atom. The molecule has 0 aromatic heterocycles. The molecule has 0 aliphatic rings. The molecule has 0 spiro atoms. The molecule has 100 valence electrons. The molecule has 18 heavy (non-hydrogen) atoms. The lowest BCUT2D eigenvalue weighted by atomic mass is 10.1. The molecule has 1 aromatic carbocycles. The van der Waals surface area contributed by atoms with Gasteiger partial charge in [0.1, 0.15) is 0 Å². The van der Waals surface area contributed by atoms with Crippen molar-refractivity contribution < 1.29 is 4.79 Å². The fourth-order valence-electron chi connectivity index (χ4n) is 1.78. The molecule has 1 atom stereocenters. The second kappa shape index (κ2) is 6.90. The van der Waals surface area contributed by atoms with Gasteiger partial charge in [-0.1, -0.05) is 28.9 Å². The lowest BCUT2D eigenvalue weighted by Crippen LogP contribution is -2.36. The maximum Gasteiger partial charge on any atom is 0.226 e. The molecule has 1 amide bonds. The van der Waals surface area contributed by atoms with Crippen LogP contribution in [0.3, 0.4) is 0 Å². The summed E-state index contributed by atoms with van der Waals surface area (Å²) in [5.41, 5.74) is 8.03. The van der Waals surface area contributed by atoms with Gasteiger partial charge in [-0.05, 0) is 36.6 Å². The van der Waals surface area contributed by atoms with E-state index in [1.807, 2.05) is 20.0 Å². The zero-order chi connectivity index (χ0) is 13.7. The van der Waals surface area contributed by atoms with Crippen LogP contribution in [0.4, 0.5) is 0 Å². The molecule has 0 aliphatic heterocycles. The van der Waals surface area contributed by atoms with Gasteiger partial charge in [0.2, 0.25) is 5.91 Å². The van der Waals surface area contributed by atoms with Crippen molar-refractivity contribution in [3.63, 3.8) is 0 Å². The summed E-state index contributed by atoms with van der Waals surface area (Å²) < 4.78 is 1.08. The smallest absolute Gasteiger partial charge is 0.226 e. The summed E-state index contributed by atoms with van der Waals surface area (Å²) in [6.07, 6.45) is 0.866. The molecular weight excluding hydrogens is 292 g/mol. The number of carbonyl (C=O) groups excluding carboxylic acids is 1. The highest BCUT2D eigenvalue weighted by Gasteiger charge is 2.15. The van der Waals surface area contributed by atoms with Crippen LogP contribution in [-0.4, -0.2) is 30.9 Å². The van der Waals surface area contributed by atoms with Gasteiger partial charge in [0.05, 0.1) is 0 Å². The summed E-state index contributed by atoms with van der Waals surface area (Å²) in [5.74, 6) is 0.0174. The normalized spacial score (nSPS) is 12.3. The second-order valence-electron chi connectivity index (χ2n) is 4.72. The van der Waals surface area contributed by atoms with Crippen LogP contribution in [-0.2, 0) is 11.2 Å². The Bertz CT molecular complexity index is 420. The number of rotatable bonds is 5. The van der Waals surface area contributed by atoms with E-state index in [0.29, 0.717) is 6.54 Å². The van der Waals surface area contributed by atoms with Gasteiger partial charge in [-0.3, -0.25) is 4.79 Å². The number of nitrogens with zero attached hydrogens (tertiary/aromatic N) is 1. The summed E-state index contributed by atoms with van der Waals surface area (Å²) in [6, 6.07) is 6.23. The zero-order valence-electron chi connectivity index (χ0n) is 11.2. The molecule has 3 nitrogen and oxygen atoms in total. The number of benzene rings is 1. The molecule has 1 rings (SSSR count). The van der Waals surface area contributed by atoms with E-state index in [0.717, 1.165) is 17.4 Å². The number of carbonyl (C=O) groups is 1. The van der Waals surface area contributed by atoms with Crippen molar-refractivity contribution in [2.24, 2.45) is 11.7 Å². The Labute approximate surface area is 117 Å².